The predicted molar refractivity (Wildman–Crippen MR) is 79.3 cm³/mol. The molecule has 0 amide bonds. The highest BCUT2D eigenvalue weighted by molar-refractivity contribution is 9.10. The number of ether oxygens (including phenoxy) is 1. The lowest BCUT2D eigenvalue weighted by molar-refractivity contribution is -0.120. The summed E-state index contributed by atoms with van der Waals surface area (Å²) in [4.78, 5) is 11.9. The van der Waals surface area contributed by atoms with Crippen molar-refractivity contribution in [3.63, 3.8) is 0 Å². The van der Waals surface area contributed by atoms with Crippen LogP contribution in [0.15, 0.2) is 28.7 Å². The number of rotatable bonds is 6. The molecule has 1 aromatic rings. The van der Waals surface area contributed by atoms with Crippen LogP contribution in [0.4, 0.5) is 0 Å². The number of halogens is 1. The largest absolute Gasteiger partial charge is 0.378 e. The molecule has 1 fully saturated rings. The van der Waals surface area contributed by atoms with Crippen molar-refractivity contribution in [1.82, 2.24) is 5.32 Å². The van der Waals surface area contributed by atoms with E-state index in [1.165, 1.54) is 0 Å². The molecule has 1 aliphatic rings. The Balaban J connectivity index is 1.67. The third kappa shape index (κ3) is 5.43. The molecular weight excluding hydrogens is 306 g/mol. The molecule has 0 saturated carbocycles. The highest BCUT2D eigenvalue weighted by atomic mass is 79.9. The Morgan fingerprint density at radius 3 is 2.89 bits per heavy atom. The first-order chi connectivity index (χ1) is 9.24. The summed E-state index contributed by atoms with van der Waals surface area (Å²) in [5, 5.41) is 3.30. The molecule has 3 nitrogen and oxygen atoms in total. The molecule has 2 rings (SSSR count). The minimum absolute atomic E-state index is 0.243. The molecule has 0 bridgehead atoms. The van der Waals surface area contributed by atoms with Gasteiger partial charge in [-0.1, -0.05) is 28.1 Å². The Bertz CT molecular complexity index is 416. The molecule has 0 radical (unpaired) electrons. The summed E-state index contributed by atoms with van der Waals surface area (Å²) < 4.78 is 6.76. The first kappa shape index (κ1) is 14.7. The molecule has 1 saturated heterocycles. The van der Waals surface area contributed by atoms with Crippen molar-refractivity contribution in [3.05, 3.63) is 34.3 Å². The Kier molecular flexibility index (Phi) is 6.01. The number of carbonyl (C=O) groups excluding carboxylic acids is 1. The van der Waals surface area contributed by atoms with Gasteiger partial charge in [0.05, 0.1) is 12.7 Å². The van der Waals surface area contributed by atoms with Gasteiger partial charge in [-0.15, -0.1) is 0 Å². The third-order valence-electron chi connectivity index (χ3n) is 3.31. The third-order valence-corrected chi connectivity index (χ3v) is 3.80. The van der Waals surface area contributed by atoms with Crippen LogP contribution in [0.25, 0.3) is 0 Å². The van der Waals surface area contributed by atoms with Crippen LogP contribution < -0.4 is 5.32 Å². The number of piperidine rings is 1. The van der Waals surface area contributed by atoms with Crippen LogP contribution in [0.1, 0.15) is 24.8 Å². The number of ketones is 1. The van der Waals surface area contributed by atoms with E-state index in [0.29, 0.717) is 25.6 Å². The average molecular weight is 326 g/mol. The zero-order valence-electron chi connectivity index (χ0n) is 11.0. The maximum atomic E-state index is 11.9. The zero-order chi connectivity index (χ0) is 13.5. The van der Waals surface area contributed by atoms with Gasteiger partial charge in [-0.25, -0.2) is 0 Å². The van der Waals surface area contributed by atoms with Gasteiger partial charge < -0.3 is 10.1 Å². The summed E-state index contributed by atoms with van der Waals surface area (Å²) in [5.74, 6) is 0.243. The maximum absolute atomic E-state index is 11.9. The highest BCUT2D eigenvalue weighted by Gasteiger charge is 2.13. The van der Waals surface area contributed by atoms with Gasteiger partial charge >= 0.3 is 0 Å². The number of Topliss-reactive ketones (excluding diaryl/α,β-unsaturated/α-hetero) is 1. The van der Waals surface area contributed by atoms with Crippen molar-refractivity contribution in [2.45, 2.75) is 31.8 Å². The van der Waals surface area contributed by atoms with E-state index in [1.54, 1.807) is 0 Å². The number of carbonyl (C=O) groups is 1. The minimum Gasteiger partial charge on any atom is -0.378 e. The fourth-order valence-corrected chi connectivity index (χ4v) is 2.71. The molecule has 1 aliphatic heterocycles. The second-order valence-electron chi connectivity index (χ2n) is 4.92. The molecule has 0 aliphatic carbocycles. The van der Waals surface area contributed by atoms with Gasteiger partial charge in [-0.05, 0) is 43.6 Å². The topological polar surface area (TPSA) is 38.3 Å². The Labute approximate surface area is 122 Å². The number of benzene rings is 1. The lowest BCUT2D eigenvalue weighted by Gasteiger charge is -2.22. The smallest absolute Gasteiger partial charge is 0.139 e. The van der Waals surface area contributed by atoms with Crippen LogP contribution >= 0.6 is 15.9 Å². The lowest BCUT2D eigenvalue weighted by atomic mass is 10.1. The predicted octanol–water partition coefficient (Wildman–Crippen LogP) is 2.72. The summed E-state index contributed by atoms with van der Waals surface area (Å²) in [6.45, 7) is 2.60. The second-order valence-corrected chi connectivity index (χ2v) is 5.83. The average Bonchev–Trinajstić information content (AvgIpc) is 2.40. The van der Waals surface area contributed by atoms with E-state index in [9.17, 15) is 4.79 Å². The highest BCUT2D eigenvalue weighted by Crippen LogP contribution is 2.13. The lowest BCUT2D eigenvalue weighted by Crippen LogP contribution is -2.32. The summed E-state index contributed by atoms with van der Waals surface area (Å²) in [6, 6.07) is 7.90. The fraction of sp³-hybridized carbons (Fsp3) is 0.533. The van der Waals surface area contributed by atoms with Crippen LogP contribution in [0, 0.1) is 0 Å². The maximum Gasteiger partial charge on any atom is 0.139 e. The quantitative estimate of drug-likeness (QED) is 0.874. The summed E-state index contributed by atoms with van der Waals surface area (Å²) in [7, 11) is 0. The van der Waals surface area contributed by atoms with Gasteiger partial charge in [-0.3, -0.25) is 4.79 Å². The standard InChI is InChI=1S/C15H20BrNO2/c16-13-3-1-2-12(10-13)11-14(18)6-9-19-15-4-7-17-8-5-15/h1-3,10,15,17H,4-9,11H2. The van der Waals surface area contributed by atoms with E-state index in [4.69, 9.17) is 4.74 Å². The van der Waals surface area contributed by atoms with Crippen LogP contribution in [0.5, 0.6) is 0 Å². The molecule has 0 unspecified atom stereocenters. The van der Waals surface area contributed by atoms with E-state index in [1.807, 2.05) is 24.3 Å². The van der Waals surface area contributed by atoms with Crippen molar-refractivity contribution in [2.75, 3.05) is 19.7 Å². The molecule has 104 valence electrons. The van der Waals surface area contributed by atoms with Crippen molar-refractivity contribution < 1.29 is 9.53 Å². The van der Waals surface area contributed by atoms with Gasteiger partial charge in [0.2, 0.25) is 0 Å². The molecule has 1 heterocycles. The second kappa shape index (κ2) is 7.78. The van der Waals surface area contributed by atoms with E-state index in [0.717, 1.165) is 36.0 Å². The van der Waals surface area contributed by atoms with Gasteiger partial charge in [0.15, 0.2) is 0 Å². The monoisotopic (exact) mass is 325 g/mol. The first-order valence-electron chi connectivity index (χ1n) is 6.82. The summed E-state index contributed by atoms with van der Waals surface area (Å²) in [5.41, 5.74) is 1.06. The Morgan fingerprint density at radius 1 is 1.37 bits per heavy atom. The SMILES string of the molecule is O=C(CCOC1CCNCC1)Cc1cccc(Br)c1. The Morgan fingerprint density at radius 2 is 2.16 bits per heavy atom. The van der Waals surface area contributed by atoms with Gasteiger partial charge in [0, 0.05) is 17.3 Å². The number of hydrogen-bond acceptors (Lipinski definition) is 3. The van der Waals surface area contributed by atoms with Crippen molar-refractivity contribution in [1.29, 1.82) is 0 Å². The van der Waals surface area contributed by atoms with Crippen LogP contribution in [-0.2, 0) is 16.0 Å². The molecular formula is C15H20BrNO2. The van der Waals surface area contributed by atoms with E-state index >= 15 is 0 Å². The van der Waals surface area contributed by atoms with Crippen LogP contribution in [-0.4, -0.2) is 31.6 Å². The van der Waals surface area contributed by atoms with Gasteiger partial charge in [-0.2, -0.15) is 0 Å². The fourth-order valence-electron chi connectivity index (χ4n) is 2.26. The number of nitrogens with one attached hydrogen (secondary N) is 1. The van der Waals surface area contributed by atoms with Crippen molar-refractivity contribution >= 4 is 21.7 Å². The number of hydrogen-bond donors (Lipinski definition) is 1. The molecule has 19 heavy (non-hydrogen) atoms. The van der Waals surface area contributed by atoms with E-state index in [-0.39, 0.29) is 5.78 Å². The summed E-state index contributed by atoms with van der Waals surface area (Å²) >= 11 is 3.41. The van der Waals surface area contributed by atoms with Crippen molar-refractivity contribution in [2.24, 2.45) is 0 Å². The Hall–Kier alpha value is -0.710. The first-order valence-corrected chi connectivity index (χ1v) is 7.62. The molecule has 1 N–H and O–H groups in total. The van der Waals surface area contributed by atoms with Crippen LogP contribution in [0.2, 0.25) is 0 Å². The van der Waals surface area contributed by atoms with E-state index in [2.05, 4.69) is 21.2 Å². The molecule has 0 spiro atoms. The minimum atomic E-state index is 0.243. The molecule has 4 heteroatoms. The molecule has 1 aromatic carbocycles. The molecule has 0 atom stereocenters. The van der Waals surface area contributed by atoms with Gasteiger partial charge in [0.25, 0.3) is 0 Å². The van der Waals surface area contributed by atoms with E-state index < -0.39 is 0 Å². The zero-order valence-corrected chi connectivity index (χ0v) is 12.6. The molecule has 0 aromatic heterocycles. The van der Waals surface area contributed by atoms with Gasteiger partial charge in [0.1, 0.15) is 5.78 Å². The normalized spacial score (nSPS) is 16.5. The van der Waals surface area contributed by atoms with Crippen molar-refractivity contribution in [3.8, 4) is 0 Å². The summed E-state index contributed by atoms with van der Waals surface area (Å²) in [6.07, 6.45) is 3.45. The van der Waals surface area contributed by atoms with Crippen LogP contribution in [0.3, 0.4) is 0 Å².